The summed E-state index contributed by atoms with van der Waals surface area (Å²) in [5.41, 5.74) is 1.74. The molecule has 0 aliphatic heterocycles. The van der Waals surface area contributed by atoms with Crippen molar-refractivity contribution in [3.63, 3.8) is 0 Å². The van der Waals surface area contributed by atoms with Crippen LogP contribution >= 0.6 is 0 Å². The zero-order chi connectivity index (χ0) is 28.8. The van der Waals surface area contributed by atoms with E-state index in [1.807, 2.05) is 0 Å². The van der Waals surface area contributed by atoms with E-state index in [1.54, 1.807) is 6.92 Å². The van der Waals surface area contributed by atoms with Gasteiger partial charge in [0.1, 0.15) is 6.10 Å². The normalized spacial score (nSPS) is 49.7. The zero-order valence-corrected chi connectivity index (χ0v) is 28.5. The molecule has 0 aromatic carbocycles. The lowest BCUT2D eigenvalue weighted by Gasteiger charge is -2.73. The minimum absolute atomic E-state index is 0.0469. The molecular weight excluding hydrogens is 496 g/mol. The van der Waals surface area contributed by atoms with E-state index in [9.17, 15) is 4.79 Å². The van der Waals surface area contributed by atoms with Crippen molar-refractivity contribution in [2.24, 2.45) is 62.6 Å². The summed E-state index contributed by atoms with van der Waals surface area (Å²) in [6.45, 7) is 27.8. The molecule has 0 aromatic rings. The molecule has 5 aliphatic rings. The predicted octanol–water partition coefficient (Wildman–Crippen LogP) is 9.51. The van der Waals surface area contributed by atoms with E-state index in [-0.39, 0.29) is 17.5 Å². The summed E-state index contributed by atoms with van der Waals surface area (Å²) < 4.78 is 12.5. The molecule has 39 heavy (non-hydrogen) atoms. The van der Waals surface area contributed by atoms with Gasteiger partial charge in [-0.05, 0) is 141 Å². The molecule has 3 nitrogen and oxygen atoms in total. The molecule has 0 saturated heterocycles. The Hall–Kier alpha value is -0.353. The Kier molecular flexibility index (Phi) is 7.40. The second-order valence-corrected chi connectivity index (χ2v) is 22.4. The van der Waals surface area contributed by atoms with Crippen molar-refractivity contribution in [1.82, 2.24) is 0 Å². The fraction of sp³-hybridized carbons (Fsp3) is 0.971. The Labute approximate surface area is 242 Å². The van der Waals surface area contributed by atoms with Crippen LogP contribution in [-0.4, -0.2) is 27.0 Å². The molecule has 11 atom stereocenters. The Morgan fingerprint density at radius 2 is 1.51 bits per heavy atom. The van der Waals surface area contributed by atoms with Gasteiger partial charge < -0.3 is 9.16 Å². The number of ether oxygens (including phenoxy) is 1. The first-order valence-corrected chi connectivity index (χ1v) is 20.1. The van der Waals surface area contributed by atoms with Crippen molar-refractivity contribution < 1.29 is 14.0 Å². The number of rotatable bonds is 5. The van der Waals surface area contributed by atoms with Gasteiger partial charge in [0.05, 0.1) is 0 Å². The minimum Gasteiger partial charge on any atom is -0.462 e. The molecule has 0 bridgehead atoms. The zero-order valence-electron chi connectivity index (χ0n) is 27.5. The number of esters is 1. The lowest BCUT2D eigenvalue weighted by Crippen LogP contribution is -2.66. The average Bonchev–Trinajstić information content (AvgIpc) is 3.17. The van der Waals surface area contributed by atoms with E-state index in [4.69, 9.17) is 9.16 Å². The van der Waals surface area contributed by atoms with Crippen LogP contribution in [0.5, 0.6) is 0 Å². The minimum atomic E-state index is -1.50. The molecule has 0 spiro atoms. The Morgan fingerprint density at radius 3 is 2.15 bits per heavy atom. The fourth-order valence-corrected chi connectivity index (χ4v) is 13.3. The molecule has 0 amide bonds. The van der Waals surface area contributed by atoms with Gasteiger partial charge in [-0.25, -0.2) is 0 Å². The van der Waals surface area contributed by atoms with Crippen LogP contribution in [0.1, 0.15) is 120 Å². The molecule has 4 unspecified atom stereocenters. The van der Waals surface area contributed by atoms with E-state index in [0.717, 1.165) is 36.7 Å². The van der Waals surface area contributed by atoms with Crippen LogP contribution in [0, 0.1) is 62.6 Å². The molecule has 5 fully saturated rings. The van der Waals surface area contributed by atoms with E-state index in [1.165, 1.54) is 57.8 Å². The van der Waals surface area contributed by atoms with E-state index >= 15 is 0 Å². The largest absolute Gasteiger partial charge is 0.462 e. The third kappa shape index (κ3) is 4.54. The highest BCUT2D eigenvalue weighted by Gasteiger charge is 2.70. The number of hydrogen-bond donors (Lipinski definition) is 0. The smallest absolute Gasteiger partial charge is 0.302 e. The molecule has 0 heterocycles. The number of carbonyl (C=O) groups is 1. The molecule has 0 radical (unpaired) electrons. The van der Waals surface area contributed by atoms with Crippen LogP contribution in [0.15, 0.2) is 0 Å². The van der Waals surface area contributed by atoms with Crippen LogP contribution in [0.2, 0.25) is 19.6 Å². The highest BCUT2D eigenvalue weighted by atomic mass is 28.4. The summed E-state index contributed by atoms with van der Waals surface area (Å²) in [4.78, 5) is 12.0. The summed E-state index contributed by atoms with van der Waals surface area (Å²) in [5, 5.41) is 0. The lowest BCUT2D eigenvalue weighted by atomic mass is 9.32. The van der Waals surface area contributed by atoms with Crippen molar-refractivity contribution in [3.8, 4) is 0 Å². The first-order chi connectivity index (χ1) is 17.9. The summed E-state index contributed by atoms with van der Waals surface area (Å²) in [6, 6.07) is 0. The van der Waals surface area contributed by atoms with Gasteiger partial charge in [0.15, 0.2) is 8.32 Å². The molecule has 0 aromatic heterocycles. The van der Waals surface area contributed by atoms with Gasteiger partial charge in [-0.2, -0.15) is 0 Å². The van der Waals surface area contributed by atoms with Gasteiger partial charge >= 0.3 is 5.97 Å². The summed E-state index contributed by atoms with van der Waals surface area (Å²) in [5.74, 6) is 4.50. The Balaban J connectivity index is 1.44. The van der Waals surface area contributed by atoms with Crippen LogP contribution in [0.3, 0.4) is 0 Å². The second kappa shape index (κ2) is 9.58. The maximum Gasteiger partial charge on any atom is 0.302 e. The molecule has 5 aliphatic carbocycles. The maximum absolute atomic E-state index is 12.0. The predicted molar refractivity (Wildman–Crippen MR) is 164 cm³/mol. The SMILES string of the molecule is CC(=O)O[C@H]1CC[C@@]2(C)C(CC[C@]3(C)C2CCC2C4[C@H]([C@H](C)CO[Si](C)(C)C)CC[C@]4(C)CC[C@]23C)C1(C)C. The topological polar surface area (TPSA) is 35.5 Å². The second-order valence-electron chi connectivity index (χ2n) is 17.9. The lowest BCUT2D eigenvalue weighted by molar-refractivity contribution is -0.250. The summed E-state index contributed by atoms with van der Waals surface area (Å²) in [7, 11) is -1.50. The van der Waals surface area contributed by atoms with Crippen molar-refractivity contribution in [2.75, 3.05) is 6.61 Å². The third-order valence-electron chi connectivity index (χ3n) is 14.7. The van der Waals surface area contributed by atoms with Gasteiger partial charge in [-0.15, -0.1) is 0 Å². The maximum atomic E-state index is 12.0. The van der Waals surface area contributed by atoms with Crippen LogP contribution < -0.4 is 0 Å². The first kappa shape index (κ1) is 30.1. The van der Waals surface area contributed by atoms with E-state index in [2.05, 4.69) is 68.1 Å². The summed E-state index contributed by atoms with van der Waals surface area (Å²) >= 11 is 0. The highest BCUT2D eigenvalue weighted by molar-refractivity contribution is 6.69. The summed E-state index contributed by atoms with van der Waals surface area (Å²) in [6.07, 6.45) is 13.5. The van der Waals surface area contributed by atoms with Crippen LogP contribution in [-0.2, 0) is 14.0 Å². The van der Waals surface area contributed by atoms with Crippen LogP contribution in [0.25, 0.3) is 0 Å². The third-order valence-corrected chi connectivity index (χ3v) is 15.7. The standard InChI is InChI=1S/C35H62O3Si/c1-23(22-37-39(9,10)11)25-14-17-32(5)20-21-34(7)26(30(25)32)12-13-28-33(6)18-16-29(38-24(2)36)31(3,4)27(33)15-19-35(28,34)8/h23,25-30H,12-22H2,1-11H3/t23-,25+,26?,27?,28?,29+,30?,32-,33+,34-,35-/m1/s1. The molecular formula is C35H62O3Si. The van der Waals surface area contributed by atoms with Gasteiger partial charge in [0.25, 0.3) is 0 Å². The number of hydrogen-bond acceptors (Lipinski definition) is 3. The van der Waals surface area contributed by atoms with Crippen molar-refractivity contribution >= 4 is 14.3 Å². The number of fused-ring (bicyclic) bond motifs is 7. The average molecular weight is 559 g/mol. The van der Waals surface area contributed by atoms with Gasteiger partial charge in [0, 0.05) is 18.9 Å². The quantitative estimate of drug-likeness (QED) is 0.249. The monoisotopic (exact) mass is 558 g/mol. The first-order valence-electron chi connectivity index (χ1n) is 16.7. The van der Waals surface area contributed by atoms with Crippen molar-refractivity contribution in [3.05, 3.63) is 0 Å². The molecule has 0 N–H and O–H groups in total. The molecule has 224 valence electrons. The number of carbonyl (C=O) groups excluding carboxylic acids is 1. The van der Waals surface area contributed by atoms with E-state index < -0.39 is 8.32 Å². The van der Waals surface area contributed by atoms with E-state index in [0.29, 0.717) is 33.5 Å². The van der Waals surface area contributed by atoms with Crippen LogP contribution in [0.4, 0.5) is 0 Å². The Morgan fingerprint density at radius 1 is 0.821 bits per heavy atom. The van der Waals surface area contributed by atoms with Crippen molar-refractivity contribution in [1.29, 1.82) is 0 Å². The molecule has 5 rings (SSSR count). The van der Waals surface area contributed by atoms with Crippen molar-refractivity contribution in [2.45, 2.75) is 145 Å². The molecule has 5 saturated carbocycles. The van der Waals surface area contributed by atoms with Gasteiger partial charge in [0.2, 0.25) is 0 Å². The highest BCUT2D eigenvalue weighted by Crippen LogP contribution is 2.77. The fourth-order valence-electron chi connectivity index (χ4n) is 12.5. The molecule has 4 heteroatoms. The van der Waals surface area contributed by atoms with Gasteiger partial charge in [-0.1, -0.05) is 48.5 Å². The Bertz CT molecular complexity index is 954. The van der Waals surface area contributed by atoms with Gasteiger partial charge in [-0.3, -0.25) is 4.79 Å².